The van der Waals surface area contributed by atoms with E-state index in [4.69, 9.17) is 0 Å². The summed E-state index contributed by atoms with van der Waals surface area (Å²) in [6, 6.07) is 0. The Hall–Kier alpha value is -2.40. The maximum absolute atomic E-state index is 10.9. The van der Waals surface area contributed by atoms with Gasteiger partial charge in [0.2, 0.25) is 0 Å². The molecule has 0 radical (unpaired) electrons. The fourth-order valence-electron chi connectivity index (χ4n) is 0.960. The molecule has 12 nitrogen and oxygen atoms in total. The van der Waals surface area contributed by atoms with Crippen LogP contribution in [0, 0.1) is 20.8 Å². The lowest BCUT2D eigenvalue weighted by Gasteiger charge is -2.12. The Morgan fingerprint density at radius 1 is 0.786 bits per heavy atom. The zero-order valence-corrected chi connectivity index (χ0v) is 6.37. The highest BCUT2D eigenvalue weighted by molar-refractivity contribution is 4.59. The van der Waals surface area contributed by atoms with Crippen LogP contribution in [0.2, 0.25) is 0 Å². The molecule has 0 saturated heterocycles. The van der Waals surface area contributed by atoms with Gasteiger partial charge in [-0.2, -0.15) is 0 Å². The number of nitrogens with zero attached hydrogens (tertiary/aromatic N) is 8. The van der Waals surface area contributed by atoms with E-state index in [0.29, 0.717) is 0 Å². The lowest BCUT2D eigenvalue weighted by atomic mass is 10.4. The predicted molar refractivity (Wildman–Crippen MR) is 31.8 cm³/mol. The molecule has 0 aromatic carbocycles. The number of hydrogen-bond donors (Lipinski definition) is 0. The Kier molecular flexibility index (Phi) is 1.49. The minimum atomic E-state index is -1.54. The highest BCUT2D eigenvalue weighted by atomic mass is 16.6. The molecule has 0 bridgehead atoms. The van der Waals surface area contributed by atoms with Crippen molar-refractivity contribution in [1.82, 2.24) is 0 Å². The second-order valence-corrected chi connectivity index (χ2v) is 2.35. The number of fused-ring (bicyclic) bond motifs is 1. The molecular formula is C2H2N8O4. The molecule has 0 aromatic heterocycles. The lowest BCUT2D eigenvalue weighted by molar-refractivity contribution is -0.886. The summed E-state index contributed by atoms with van der Waals surface area (Å²) in [6.45, 7) is 0. The predicted octanol–water partition coefficient (Wildman–Crippen LogP) is -0.654. The first-order chi connectivity index (χ1) is 6.58. The fraction of sp³-hybridized carbons (Fsp3) is 1.00. The highest BCUT2D eigenvalue weighted by Gasteiger charge is 2.53. The van der Waals surface area contributed by atoms with Crippen molar-refractivity contribution in [2.75, 3.05) is 0 Å². The normalized spacial score (nSPS) is 30.9. The molecule has 12 heteroatoms. The second-order valence-electron chi connectivity index (χ2n) is 2.35. The Bertz CT molecular complexity index is 358. The van der Waals surface area contributed by atoms with Crippen LogP contribution in [-0.4, -0.2) is 32.0 Å². The molecule has 0 aliphatic carbocycles. The number of hydrogen-bond acceptors (Lipinski definition) is 8. The minimum absolute atomic E-state index is 0.211. The second kappa shape index (κ2) is 2.54. The van der Waals surface area contributed by atoms with Crippen molar-refractivity contribution in [2.45, 2.75) is 12.3 Å². The third-order valence-corrected chi connectivity index (χ3v) is 1.48. The third-order valence-electron chi connectivity index (χ3n) is 1.48. The van der Waals surface area contributed by atoms with Gasteiger partial charge in [-0.25, -0.2) is 0 Å². The van der Waals surface area contributed by atoms with E-state index >= 15 is 0 Å². The first-order valence-corrected chi connectivity index (χ1v) is 3.30. The average Bonchev–Trinajstić information content (AvgIpc) is 1.99. The van der Waals surface area contributed by atoms with Crippen LogP contribution in [0.1, 0.15) is 0 Å². The van der Waals surface area contributed by atoms with Crippen LogP contribution >= 0.6 is 0 Å². The van der Waals surface area contributed by atoms with Crippen LogP contribution in [0.15, 0.2) is 20.7 Å². The summed E-state index contributed by atoms with van der Waals surface area (Å²) >= 11 is 0. The Balaban J connectivity index is 2.43. The van der Waals surface area contributed by atoms with Gasteiger partial charge in [0.15, 0.2) is 0 Å². The van der Waals surface area contributed by atoms with Gasteiger partial charge in [0.1, 0.15) is 9.94 Å². The van der Waals surface area contributed by atoms with Gasteiger partial charge in [-0.15, -0.1) is 0 Å². The summed E-state index contributed by atoms with van der Waals surface area (Å²) in [7, 11) is 0. The van der Waals surface area contributed by atoms with Gasteiger partial charge in [-0.3, -0.25) is 0 Å². The van der Waals surface area contributed by atoms with E-state index in [0.717, 1.165) is 0 Å². The van der Waals surface area contributed by atoms with E-state index in [-0.39, 0.29) is 19.7 Å². The van der Waals surface area contributed by atoms with Crippen molar-refractivity contribution in [1.29, 1.82) is 0 Å². The van der Waals surface area contributed by atoms with Crippen LogP contribution < -0.4 is 0 Å². The monoisotopic (exact) mass is 202 g/mol. The molecule has 2 aliphatic heterocycles. The molecular weight excluding hydrogens is 200 g/mol. The van der Waals surface area contributed by atoms with Crippen LogP contribution in [0.3, 0.4) is 0 Å². The van der Waals surface area contributed by atoms with E-state index in [1.54, 1.807) is 0 Å². The smallest absolute Gasteiger partial charge is 0.475 e. The van der Waals surface area contributed by atoms with E-state index in [1.165, 1.54) is 0 Å². The molecule has 0 saturated carbocycles. The van der Waals surface area contributed by atoms with Crippen LogP contribution in [0.25, 0.3) is 0 Å². The van der Waals surface area contributed by atoms with Crippen molar-refractivity contribution in [2.24, 2.45) is 20.7 Å². The Labute approximate surface area is 74.7 Å². The van der Waals surface area contributed by atoms with Crippen molar-refractivity contribution in [3.63, 3.8) is 0 Å². The topological polar surface area (TPSA) is 154 Å². The summed E-state index contributed by atoms with van der Waals surface area (Å²) < 4.78 is 0. The molecule has 2 heterocycles. The molecule has 0 unspecified atom stereocenters. The third kappa shape index (κ3) is 1.08. The largest absolute Gasteiger partial charge is 0.590 e. The summed E-state index contributed by atoms with van der Waals surface area (Å²) in [5, 5.41) is 54.7. The first kappa shape index (κ1) is 8.21. The van der Waals surface area contributed by atoms with Crippen molar-refractivity contribution in [3.05, 3.63) is 20.8 Å². The summed E-state index contributed by atoms with van der Waals surface area (Å²) in [5.41, 5.74) is 0. The molecule has 14 heavy (non-hydrogen) atoms. The van der Waals surface area contributed by atoms with Crippen LogP contribution in [-0.2, 0) is 0 Å². The van der Waals surface area contributed by atoms with Crippen molar-refractivity contribution >= 4 is 0 Å². The summed E-state index contributed by atoms with van der Waals surface area (Å²) in [6.07, 6.45) is -2.96. The molecule has 0 N–H and O–H groups in total. The maximum Gasteiger partial charge on any atom is 0.475 e. The standard InChI is InChI=1S/C2H2N8O4/c11-7-2-1(3-9(13)5-7)4-10(14)6-8(2)12/h1-2H. The number of rotatable bonds is 0. The highest BCUT2D eigenvalue weighted by Crippen LogP contribution is 2.15. The van der Waals surface area contributed by atoms with Crippen LogP contribution in [0.4, 0.5) is 0 Å². The molecule has 0 fully saturated rings. The molecule has 0 spiro atoms. The van der Waals surface area contributed by atoms with Gasteiger partial charge in [0.05, 0.1) is 10.2 Å². The van der Waals surface area contributed by atoms with E-state index in [1.807, 2.05) is 0 Å². The fourth-order valence-corrected chi connectivity index (χ4v) is 0.960. The van der Waals surface area contributed by atoms with Gasteiger partial charge < -0.3 is 20.8 Å². The van der Waals surface area contributed by atoms with Gasteiger partial charge in [0, 0.05) is 9.72 Å². The van der Waals surface area contributed by atoms with E-state index in [9.17, 15) is 20.8 Å². The van der Waals surface area contributed by atoms with Gasteiger partial charge in [-0.05, 0) is 0 Å². The molecule has 0 atom stereocenters. The van der Waals surface area contributed by atoms with Crippen molar-refractivity contribution in [3.8, 4) is 0 Å². The number of hydroxylamine groups is 2. The zero-order chi connectivity index (χ0) is 10.3. The van der Waals surface area contributed by atoms with Gasteiger partial charge in [0.25, 0.3) is 0 Å². The van der Waals surface area contributed by atoms with Gasteiger partial charge in [-0.1, -0.05) is 0 Å². The summed E-state index contributed by atoms with van der Waals surface area (Å²) in [4.78, 5) is -1.05. The average molecular weight is 202 g/mol. The van der Waals surface area contributed by atoms with E-state index < -0.39 is 12.3 Å². The molecule has 0 aromatic rings. The molecule has 0 amide bonds. The zero-order valence-electron chi connectivity index (χ0n) is 6.37. The molecule has 2 aliphatic rings. The first-order valence-electron chi connectivity index (χ1n) is 3.30. The SMILES string of the molecule is [O-][N+]1=NC2N=[N+]([O-])N=[N+]([O-])C2[N+]([O-])=N1. The molecule has 2 rings (SSSR count). The van der Waals surface area contributed by atoms with Crippen molar-refractivity contribution < 1.29 is 19.7 Å². The molecule has 74 valence electrons. The Morgan fingerprint density at radius 3 is 1.64 bits per heavy atom. The van der Waals surface area contributed by atoms with E-state index in [2.05, 4.69) is 20.7 Å². The maximum atomic E-state index is 10.9. The van der Waals surface area contributed by atoms with Gasteiger partial charge >= 0.3 is 22.8 Å². The Morgan fingerprint density at radius 2 is 1.21 bits per heavy atom. The summed E-state index contributed by atoms with van der Waals surface area (Å²) in [5.74, 6) is 0. The lowest BCUT2D eigenvalue weighted by Crippen LogP contribution is -2.45. The van der Waals surface area contributed by atoms with Crippen LogP contribution in [0.5, 0.6) is 0 Å². The quantitative estimate of drug-likeness (QED) is 0.377. The minimum Gasteiger partial charge on any atom is -0.590 e.